The summed E-state index contributed by atoms with van der Waals surface area (Å²) in [6.07, 6.45) is 4.91. The number of rotatable bonds is 4. The fourth-order valence-electron chi connectivity index (χ4n) is 5.00. The standard InChI is InChI=1S/C30H28ClFN6O2S/c1-17-3-2-4-28(27-11-18(9-10-35-27)22-13-20(32)6-8-25(22)37-30(17)40)38-16-36-26(14-29(38)39)23-12-19(31)5-7-21(23)24(33)15-41-34/h5-17,28H,2-4,33-34H2,1H3,(H,37,40)/b24-15-. The lowest BCUT2D eigenvalue weighted by molar-refractivity contribution is -0.119. The molecule has 210 valence electrons. The van der Waals surface area contributed by atoms with Crippen molar-refractivity contribution in [3.8, 4) is 22.4 Å². The van der Waals surface area contributed by atoms with Gasteiger partial charge in [0, 0.05) is 56.7 Å². The summed E-state index contributed by atoms with van der Waals surface area (Å²) in [6, 6.07) is 14.0. The van der Waals surface area contributed by atoms with Crippen molar-refractivity contribution in [2.45, 2.75) is 32.2 Å². The fraction of sp³-hybridized carbons (Fsp3) is 0.200. The van der Waals surface area contributed by atoms with Crippen LogP contribution in [0.25, 0.3) is 28.1 Å². The highest BCUT2D eigenvalue weighted by Gasteiger charge is 2.23. The van der Waals surface area contributed by atoms with Crippen LogP contribution in [0.3, 0.4) is 0 Å². The third-order valence-electron chi connectivity index (χ3n) is 7.17. The molecule has 41 heavy (non-hydrogen) atoms. The fourth-order valence-corrected chi connectivity index (χ4v) is 5.45. The van der Waals surface area contributed by atoms with E-state index in [0.29, 0.717) is 69.3 Å². The van der Waals surface area contributed by atoms with Crippen molar-refractivity contribution in [2.24, 2.45) is 16.8 Å². The van der Waals surface area contributed by atoms with Gasteiger partial charge in [-0.25, -0.2) is 9.37 Å². The molecule has 0 saturated heterocycles. The molecule has 1 amide bonds. The Morgan fingerprint density at radius 3 is 2.71 bits per heavy atom. The summed E-state index contributed by atoms with van der Waals surface area (Å²) >= 11 is 7.25. The molecule has 2 bridgehead atoms. The van der Waals surface area contributed by atoms with Gasteiger partial charge in [-0.3, -0.25) is 24.3 Å². The summed E-state index contributed by atoms with van der Waals surface area (Å²) in [6.45, 7) is 1.85. The molecule has 2 unspecified atom stereocenters. The van der Waals surface area contributed by atoms with Crippen LogP contribution < -0.4 is 21.7 Å². The van der Waals surface area contributed by atoms with Gasteiger partial charge in [-0.2, -0.15) is 0 Å². The first-order valence-electron chi connectivity index (χ1n) is 13.0. The van der Waals surface area contributed by atoms with Crippen molar-refractivity contribution in [1.29, 1.82) is 0 Å². The Hall–Kier alpha value is -3.99. The highest BCUT2D eigenvalue weighted by molar-refractivity contribution is 8.00. The summed E-state index contributed by atoms with van der Waals surface area (Å²) in [5.74, 6) is -0.862. The maximum Gasteiger partial charge on any atom is 0.254 e. The monoisotopic (exact) mass is 590 g/mol. The third-order valence-corrected chi connectivity index (χ3v) is 7.80. The minimum atomic E-state index is -0.465. The number of aromatic nitrogens is 3. The number of anilines is 1. The number of pyridine rings is 1. The number of carbonyl (C=O) groups is 1. The van der Waals surface area contributed by atoms with Gasteiger partial charge < -0.3 is 11.1 Å². The van der Waals surface area contributed by atoms with Crippen molar-refractivity contribution in [3.63, 3.8) is 0 Å². The first kappa shape index (κ1) is 28.5. The number of halogens is 2. The second-order valence-electron chi connectivity index (χ2n) is 9.92. The number of benzene rings is 2. The number of amides is 1. The molecule has 5 rings (SSSR count). The number of nitrogens with two attached hydrogens (primary N) is 2. The highest BCUT2D eigenvalue weighted by atomic mass is 35.5. The van der Waals surface area contributed by atoms with Crippen LogP contribution in [0.2, 0.25) is 5.02 Å². The average molecular weight is 591 g/mol. The molecule has 0 aliphatic carbocycles. The molecular weight excluding hydrogens is 563 g/mol. The third kappa shape index (κ3) is 6.19. The van der Waals surface area contributed by atoms with Crippen LogP contribution in [0, 0.1) is 11.7 Å². The Balaban J connectivity index is 1.61. The molecule has 8 nitrogen and oxygen atoms in total. The van der Waals surface area contributed by atoms with Gasteiger partial charge in [0.1, 0.15) is 5.82 Å². The maximum absolute atomic E-state index is 14.3. The summed E-state index contributed by atoms with van der Waals surface area (Å²) < 4.78 is 15.8. The van der Waals surface area contributed by atoms with E-state index in [9.17, 15) is 14.0 Å². The zero-order chi connectivity index (χ0) is 29.1. The number of nitrogens with one attached hydrogen (secondary N) is 1. The largest absolute Gasteiger partial charge is 0.398 e. The second kappa shape index (κ2) is 12.3. The molecule has 2 atom stereocenters. The number of carbonyl (C=O) groups excluding carboxylic acids is 1. The lowest BCUT2D eigenvalue weighted by Crippen LogP contribution is -2.27. The van der Waals surface area contributed by atoms with Crippen molar-refractivity contribution < 1.29 is 9.18 Å². The van der Waals surface area contributed by atoms with Crippen LogP contribution >= 0.6 is 23.5 Å². The van der Waals surface area contributed by atoms with E-state index in [4.69, 9.17) is 22.5 Å². The van der Waals surface area contributed by atoms with Crippen LogP contribution in [0.1, 0.15) is 43.5 Å². The van der Waals surface area contributed by atoms with E-state index in [0.717, 1.165) is 11.9 Å². The molecule has 0 saturated carbocycles. The lowest BCUT2D eigenvalue weighted by atomic mass is 9.95. The quantitative estimate of drug-likeness (QED) is 0.249. The van der Waals surface area contributed by atoms with Gasteiger partial charge >= 0.3 is 0 Å². The number of nitrogens with zero attached hydrogens (tertiary/aromatic N) is 3. The Bertz CT molecular complexity index is 1710. The summed E-state index contributed by atoms with van der Waals surface area (Å²) in [5, 5.41) is 10.6. The molecule has 0 spiro atoms. The molecule has 1 aliphatic rings. The van der Waals surface area contributed by atoms with Gasteiger partial charge in [0.2, 0.25) is 5.91 Å². The van der Waals surface area contributed by atoms with Gasteiger partial charge in [0.05, 0.1) is 23.8 Å². The summed E-state index contributed by atoms with van der Waals surface area (Å²) in [5.41, 5.74) is 10.3. The van der Waals surface area contributed by atoms with Crippen molar-refractivity contribution in [1.82, 2.24) is 14.5 Å². The van der Waals surface area contributed by atoms with E-state index >= 15 is 0 Å². The van der Waals surface area contributed by atoms with E-state index in [1.807, 2.05) is 13.0 Å². The molecular formula is C30H28ClFN6O2S. The van der Waals surface area contributed by atoms with Crippen molar-refractivity contribution >= 4 is 40.8 Å². The second-order valence-corrected chi connectivity index (χ2v) is 10.9. The molecule has 0 fully saturated rings. The highest BCUT2D eigenvalue weighted by Crippen LogP contribution is 2.34. The molecule has 11 heteroatoms. The average Bonchev–Trinajstić information content (AvgIpc) is 2.96. The van der Waals surface area contributed by atoms with Crippen molar-refractivity contribution in [3.05, 3.63) is 105 Å². The van der Waals surface area contributed by atoms with Crippen LogP contribution in [0.15, 0.2) is 77.3 Å². The molecule has 4 aromatic rings. The summed E-state index contributed by atoms with van der Waals surface area (Å²) in [7, 11) is 0. The predicted octanol–water partition coefficient (Wildman–Crippen LogP) is 5.98. The number of hydrogen-bond acceptors (Lipinski definition) is 7. The lowest BCUT2D eigenvalue weighted by Gasteiger charge is -2.23. The minimum absolute atomic E-state index is 0.147. The zero-order valence-electron chi connectivity index (χ0n) is 22.2. The molecule has 1 aliphatic heterocycles. The van der Waals surface area contributed by atoms with E-state index in [1.54, 1.807) is 41.9 Å². The molecule has 3 heterocycles. The number of hydrogen-bond donors (Lipinski definition) is 3. The van der Waals surface area contributed by atoms with E-state index < -0.39 is 11.9 Å². The Morgan fingerprint density at radius 1 is 1.10 bits per heavy atom. The molecule has 2 aromatic carbocycles. The van der Waals surface area contributed by atoms with Gasteiger partial charge in [-0.15, -0.1) is 0 Å². The Morgan fingerprint density at radius 2 is 1.93 bits per heavy atom. The molecule has 0 radical (unpaired) electrons. The van der Waals surface area contributed by atoms with Crippen molar-refractivity contribution in [2.75, 3.05) is 5.32 Å². The van der Waals surface area contributed by atoms with Gasteiger partial charge in [-0.05, 0) is 60.9 Å². The Kier molecular flexibility index (Phi) is 8.53. The molecule has 2 aromatic heterocycles. The first-order valence-corrected chi connectivity index (χ1v) is 14.3. The topological polar surface area (TPSA) is 129 Å². The van der Waals surface area contributed by atoms with Crippen LogP contribution in [0.5, 0.6) is 0 Å². The zero-order valence-corrected chi connectivity index (χ0v) is 23.8. The van der Waals surface area contributed by atoms with Gasteiger partial charge in [0.15, 0.2) is 0 Å². The van der Waals surface area contributed by atoms with E-state index in [2.05, 4.69) is 15.3 Å². The van der Waals surface area contributed by atoms with Gasteiger partial charge in [0.25, 0.3) is 5.56 Å². The van der Waals surface area contributed by atoms with Crippen LogP contribution in [-0.2, 0) is 4.79 Å². The normalized spacial score (nSPS) is 17.7. The predicted molar refractivity (Wildman–Crippen MR) is 162 cm³/mol. The SMILES string of the molecule is CC1CCCC(n2cnc(-c3cc(Cl)ccc3/C(N)=C/SN)cc2=O)c2cc(ccn2)-c2cc(F)ccc2NC1=O. The van der Waals surface area contributed by atoms with E-state index in [1.165, 1.54) is 29.1 Å². The van der Waals surface area contributed by atoms with Gasteiger partial charge in [-0.1, -0.05) is 43.0 Å². The minimum Gasteiger partial charge on any atom is -0.398 e. The van der Waals surface area contributed by atoms with Crippen LogP contribution in [0.4, 0.5) is 10.1 Å². The molecule has 5 N–H and O–H groups in total. The Labute approximate surface area is 245 Å². The summed E-state index contributed by atoms with van der Waals surface area (Å²) in [4.78, 5) is 35.7. The van der Waals surface area contributed by atoms with Crippen LogP contribution in [-0.4, -0.2) is 20.4 Å². The first-order chi connectivity index (χ1) is 19.7. The smallest absolute Gasteiger partial charge is 0.254 e. The maximum atomic E-state index is 14.3. The number of fused-ring (bicyclic) bond motifs is 4. The van der Waals surface area contributed by atoms with E-state index in [-0.39, 0.29) is 17.4 Å².